The summed E-state index contributed by atoms with van der Waals surface area (Å²) in [5, 5.41) is 4.81. The van der Waals surface area contributed by atoms with Gasteiger partial charge in [-0.1, -0.05) is 12.1 Å². The Morgan fingerprint density at radius 1 is 1.07 bits per heavy atom. The third-order valence-corrected chi connectivity index (χ3v) is 6.19. The molecule has 2 aromatic heterocycles. The Hall–Kier alpha value is -2.50. The minimum atomic E-state index is 0.428. The number of aromatic nitrogens is 2. The van der Waals surface area contributed by atoms with E-state index in [1.807, 2.05) is 12.3 Å². The number of benzene rings is 1. The van der Waals surface area contributed by atoms with Crippen LogP contribution in [-0.2, 0) is 6.54 Å². The first-order valence-electron chi connectivity index (χ1n) is 10.8. The Kier molecular flexibility index (Phi) is 5.17. The van der Waals surface area contributed by atoms with Gasteiger partial charge < -0.3 is 10.2 Å². The molecule has 1 N–H and O–H groups in total. The summed E-state index contributed by atoms with van der Waals surface area (Å²) < 4.78 is 0. The van der Waals surface area contributed by atoms with E-state index in [1.165, 1.54) is 35.2 Å². The van der Waals surface area contributed by atoms with Crippen LogP contribution in [0.4, 0.5) is 5.69 Å². The van der Waals surface area contributed by atoms with E-state index in [9.17, 15) is 0 Å². The predicted molar refractivity (Wildman–Crippen MR) is 118 cm³/mol. The molecule has 0 aliphatic carbocycles. The van der Waals surface area contributed by atoms with Crippen LogP contribution < -0.4 is 10.2 Å². The molecule has 2 aliphatic heterocycles. The molecule has 0 unspecified atom stereocenters. The van der Waals surface area contributed by atoms with E-state index in [0.29, 0.717) is 6.04 Å². The zero-order valence-electron chi connectivity index (χ0n) is 17.1. The maximum atomic E-state index is 4.80. The maximum absolute atomic E-state index is 4.80. The second kappa shape index (κ2) is 8.09. The summed E-state index contributed by atoms with van der Waals surface area (Å²) in [6.45, 7) is 8.54. The van der Waals surface area contributed by atoms with Gasteiger partial charge in [-0.3, -0.25) is 14.9 Å². The fourth-order valence-electron chi connectivity index (χ4n) is 4.62. The fourth-order valence-corrected chi connectivity index (χ4v) is 4.62. The molecule has 2 saturated heterocycles. The van der Waals surface area contributed by atoms with Crippen LogP contribution in [0.1, 0.15) is 35.8 Å². The lowest BCUT2D eigenvalue weighted by Gasteiger charge is -2.36. The van der Waals surface area contributed by atoms with Gasteiger partial charge in [0.1, 0.15) is 0 Å². The number of pyridine rings is 2. The van der Waals surface area contributed by atoms with Crippen molar-refractivity contribution in [1.82, 2.24) is 20.2 Å². The van der Waals surface area contributed by atoms with Crippen molar-refractivity contribution in [3.8, 4) is 0 Å². The molecule has 0 saturated carbocycles. The zero-order valence-corrected chi connectivity index (χ0v) is 17.1. The molecule has 1 atom stereocenters. The number of nitrogens with one attached hydrogen (secondary N) is 1. The van der Waals surface area contributed by atoms with Crippen LogP contribution in [0, 0.1) is 6.92 Å². The molecule has 0 radical (unpaired) electrons. The molecule has 0 amide bonds. The number of fused-ring (bicyclic) bond motifs is 1. The highest BCUT2D eigenvalue weighted by atomic mass is 15.3. The van der Waals surface area contributed by atoms with Crippen molar-refractivity contribution in [3.63, 3.8) is 0 Å². The third kappa shape index (κ3) is 4.11. The third-order valence-electron chi connectivity index (χ3n) is 6.19. The minimum absolute atomic E-state index is 0.428. The second-order valence-electron chi connectivity index (χ2n) is 8.33. The van der Waals surface area contributed by atoms with Crippen molar-refractivity contribution in [3.05, 3.63) is 65.6 Å². The summed E-state index contributed by atoms with van der Waals surface area (Å²) in [5.41, 5.74) is 6.11. The number of hydrogen-bond acceptors (Lipinski definition) is 5. The van der Waals surface area contributed by atoms with Crippen molar-refractivity contribution in [2.45, 2.75) is 32.4 Å². The number of aryl methyl sites for hydroxylation is 1. The number of nitrogens with zero attached hydrogens (tertiary/aromatic N) is 4. The highest BCUT2D eigenvalue weighted by Crippen LogP contribution is 2.27. The van der Waals surface area contributed by atoms with Gasteiger partial charge in [-0.05, 0) is 62.2 Å². The lowest BCUT2D eigenvalue weighted by molar-refractivity contribution is 0.250. The van der Waals surface area contributed by atoms with Crippen LogP contribution in [0.3, 0.4) is 0 Å². The van der Waals surface area contributed by atoms with E-state index in [1.54, 1.807) is 0 Å². The highest BCUT2D eigenvalue weighted by Gasteiger charge is 2.22. The molecule has 2 fully saturated rings. The van der Waals surface area contributed by atoms with Gasteiger partial charge in [-0.2, -0.15) is 0 Å². The molecule has 0 spiro atoms. The van der Waals surface area contributed by atoms with E-state index >= 15 is 0 Å². The summed E-state index contributed by atoms with van der Waals surface area (Å²) in [5.74, 6) is 0. The van der Waals surface area contributed by atoms with Gasteiger partial charge in [0.15, 0.2) is 0 Å². The summed E-state index contributed by atoms with van der Waals surface area (Å²) in [6.07, 6.45) is 4.31. The molecule has 5 nitrogen and oxygen atoms in total. The maximum Gasteiger partial charge on any atom is 0.0702 e. The quantitative estimate of drug-likeness (QED) is 0.740. The molecule has 5 rings (SSSR count). The molecular weight excluding hydrogens is 358 g/mol. The standard InChI is InChI=1S/C24H29N5/c1-18-14-21(16-24(27-18)23-5-3-9-26-23)29-12-10-28(11-13-29)17-19-6-7-22-20(15-19)4-2-8-25-22/h2,4,6-8,14-16,23,26H,3,5,9-13,17H2,1H3/t23-/m1/s1. The Balaban J connectivity index is 1.24. The van der Waals surface area contributed by atoms with Crippen LogP contribution in [0.2, 0.25) is 0 Å². The summed E-state index contributed by atoms with van der Waals surface area (Å²) in [4.78, 5) is 14.3. The van der Waals surface area contributed by atoms with E-state index in [2.05, 4.69) is 63.4 Å². The first kappa shape index (κ1) is 18.5. The fraction of sp³-hybridized carbons (Fsp3) is 0.417. The van der Waals surface area contributed by atoms with E-state index in [4.69, 9.17) is 4.98 Å². The smallest absolute Gasteiger partial charge is 0.0702 e. The molecular formula is C24H29N5. The topological polar surface area (TPSA) is 44.3 Å². The monoisotopic (exact) mass is 387 g/mol. The largest absolute Gasteiger partial charge is 0.369 e. The van der Waals surface area contributed by atoms with Gasteiger partial charge in [0, 0.05) is 61.7 Å². The summed E-state index contributed by atoms with van der Waals surface area (Å²) in [6, 6.07) is 15.8. The van der Waals surface area contributed by atoms with Gasteiger partial charge in [0.2, 0.25) is 0 Å². The Morgan fingerprint density at radius 2 is 1.97 bits per heavy atom. The lowest BCUT2D eigenvalue weighted by atomic mass is 10.1. The van der Waals surface area contributed by atoms with Gasteiger partial charge >= 0.3 is 0 Å². The van der Waals surface area contributed by atoms with Crippen molar-refractivity contribution in [2.75, 3.05) is 37.6 Å². The van der Waals surface area contributed by atoms with Gasteiger partial charge in [-0.25, -0.2) is 0 Å². The van der Waals surface area contributed by atoms with E-state index in [0.717, 1.165) is 50.5 Å². The lowest BCUT2D eigenvalue weighted by Crippen LogP contribution is -2.46. The Morgan fingerprint density at radius 3 is 2.79 bits per heavy atom. The summed E-state index contributed by atoms with van der Waals surface area (Å²) >= 11 is 0. The van der Waals surface area contributed by atoms with Gasteiger partial charge in [0.05, 0.1) is 11.2 Å². The van der Waals surface area contributed by atoms with Crippen molar-refractivity contribution >= 4 is 16.6 Å². The number of anilines is 1. The zero-order chi connectivity index (χ0) is 19.6. The van der Waals surface area contributed by atoms with Crippen LogP contribution >= 0.6 is 0 Å². The molecule has 5 heteroatoms. The van der Waals surface area contributed by atoms with Crippen molar-refractivity contribution < 1.29 is 0 Å². The number of hydrogen-bond donors (Lipinski definition) is 1. The first-order chi connectivity index (χ1) is 14.2. The van der Waals surface area contributed by atoms with Crippen LogP contribution in [0.15, 0.2) is 48.7 Å². The molecule has 29 heavy (non-hydrogen) atoms. The highest BCUT2D eigenvalue weighted by molar-refractivity contribution is 5.78. The number of rotatable bonds is 4. The van der Waals surface area contributed by atoms with Crippen LogP contribution in [-0.4, -0.2) is 47.6 Å². The molecule has 150 valence electrons. The molecule has 1 aromatic carbocycles. The molecule has 0 bridgehead atoms. The van der Waals surface area contributed by atoms with Gasteiger partial charge in [0.25, 0.3) is 0 Å². The molecule has 2 aliphatic rings. The second-order valence-corrected chi connectivity index (χ2v) is 8.33. The SMILES string of the molecule is Cc1cc(N2CCN(Cc3ccc4ncccc4c3)CC2)cc([C@H]2CCCN2)n1. The minimum Gasteiger partial charge on any atom is -0.369 e. The average Bonchev–Trinajstić information content (AvgIpc) is 3.29. The van der Waals surface area contributed by atoms with Gasteiger partial charge in [-0.15, -0.1) is 0 Å². The molecule has 3 aromatic rings. The van der Waals surface area contributed by atoms with Crippen LogP contribution in [0.5, 0.6) is 0 Å². The Bertz CT molecular complexity index is 987. The summed E-state index contributed by atoms with van der Waals surface area (Å²) in [7, 11) is 0. The predicted octanol–water partition coefficient (Wildman–Crippen LogP) is 3.68. The Labute approximate surface area is 172 Å². The average molecular weight is 388 g/mol. The normalized spacial score (nSPS) is 20.4. The van der Waals surface area contributed by atoms with E-state index in [-0.39, 0.29) is 0 Å². The van der Waals surface area contributed by atoms with E-state index < -0.39 is 0 Å². The van der Waals surface area contributed by atoms with Crippen LogP contribution in [0.25, 0.3) is 10.9 Å². The molecule has 4 heterocycles. The van der Waals surface area contributed by atoms with Crippen molar-refractivity contribution in [1.29, 1.82) is 0 Å². The number of piperazine rings is 1. The first-order valence-corrected chi connectivity index (χ1v) is 10.8. The van der Waals surface area contributed by atoms with Crippen molar-refractivity contribution in [2.24, 2.45) is 0 Å².